The minimum Gasteiger partial charge on any atom is -0.393 e. The molecule has 0 spiro atoms. The minimum absolute atomic E-state index is 0.0885. The molecule has 0 saturated heterocycles. The molecule has 1 amide bonds. The fourth-order valence-electron chi connectivity index (χ4n) is 3.02. The summed E-state index contributed by atoms with van der Waals surface area (Å²) >= 11 is 0. The van der Waals surface area contributed by atoms with Crippen molar-refractivity contribution in [3.63, 3.8) is 0 Å². The predicted octanol–water partition coefficient (Wildman–Crippen LogP) is 3.32. The van der Waals surface area contributed by atoms with Gasteiger partial charge in [0, 0.05) is 18.5 Å². The van der Waals surface area contributed by atoms with E-state index in [4.69, 9.17) is 0 Å². The fraction of sp³-hybridized carbons (Fsp3) is 0.588. The highest BCUT2D eigenvalue weighted by Gasteiger charge is 2.33. The van der Waals surface area contributed by atoms with Crippen molar-refractivity contribution in [3.8, 4) is 0 Å². The number of aliphatic hydroxyl groups excluding tert-OH is 1. The van der Waals surface area contributed by atoms with Crippen molar-refractivity contribution in [1.82, 2.24) is 5.32 Å². The largest absolute Gasteiger partial charge is 0.418 e. The van der Waals surface area contributed by atoms with Crippen LogP contribution < -0.4 is 10.6 Å². The summed E-state index contributed by atoms with van der Waals surface area (Å²) in [6.45, 7) is 1.83. The molecule has 7 heteroatoms. The van der Waals surface area contributed by atoms with Gasteiger partial charge in [-0.2, -0.15) is 13.2 Å². The van der Waals surface area contributed by atoms with Crippen LogP contribution >= 0.6 is 0 Å². The Morgan fingerprint density at radius 1 is 1.25 bits per heavy atom. The van der Waals surface area contributed by atoms with E-state index < -0.39 is 17.6 Å². The van der Waals surface area contributed by atoms with Crippen molar-refractivity contribution < 1.29 is 23.1 Å². The molecule has 1 aliphatic rings. The SMILES string of the molecule is CC(CC(=O)Nc1ccccc1C(F)(F)F)NC1CCC(O)CC1. The number of hydrogen-bond donors (Lipinski definition) is 3. The minimum atomic E-state index is -4.50. The van der Waals surface area contributed by atoms with Crippen molar-refractivity contribution in [3.05, 3.63) is 29.8 Å². The molecular formula is C17H23F3N2O2. The summed E-state index contributed by atoms with van der Waals surface area (Å²) in [5.74, 6) is -0.456. The summed E-state index contributed by atoms with van der Waals surface area (Å²) in [6, 6.07) is 5.04. The number of hydrogen-bond acceptors (Lipinski definition) is 3. The van der Waals surface area contributed by atoms with Gasteiger partial charge >= 0.3 is 6.18 Å². The number of anilines is 1. The molecule has 1 aromatic rings. The molecule has 2 rings (SSSR count). The maximum atomic E-state index is 12.9. The number of aliphatic hydroxyl groups is 1. The van der Waals surface area contributed by atoms with Crippen molar-refractivity contribution in [2.75, 3.05) is 5.32 Å². The number of para-hydroxylation sites is 1. The van der Waals surface area contributed by atoms with Crippen molar-refractivity contribution in [1.29, 1.82) is 0 Å². The summed E-state index contributed by atoms with van der Waals surface area (Å²) in [5.41, 5.74) is -1.07. The average molecular weight is 344 g/mol. The highest BCUT2D eigenvalue weighted by atomic mass is 19.4. The molecule has 1 unspecified atom stereocenters. The van der Waals surface area contributed by atoms with Gasteiger partial charge in [0.15, 0.2) is 0 Å². The molecular weight excluding hydrogens is 321 g/mol. The molecule has 1 atom stereocenters. The van der Waals surface area contributed by atoms with E-state index in [0.29, 0.717) is 0 Å². The second-order valence-corrected chi connectivity index (χ2v) is 6.37. The van der Waals surface area contributed by atoms with Gasteiger partial charge in [-0.15, -0.1) is 0 Å². The van der Waals surface area contributed by atoms with Crippen LogP contribution in [0, 0.1) is 0 Å². The Kier molecular flexibility index (Phi) is 6.23. The van der Waals surface area contributed by atoms with Gasteiger partial charge in [-0.05, 0) is 44.7 Å². The lowest BCUT2D eigenvalue weighted by atomic mass is 9.92. The number of amides is 1. The molecule has 1 aromatic carbocycles. The lowest BCUT2D eigenvalue weighted by molar-refractivity contribution is -0.137. The maximum Gasteiger partial charge on any atom is 0.418 e. The summed E-state index contributed by atoms with van der Waals surface area (Å²) in [7, 11) is 0. The van der Waals surface area contributed by atoms with E-state index in [1.54, 1.807) is 0 Å². The van der Waals surface area contributed by atoms with E-state index in [1.807, 2.05) is 6.92 Å². The summed E-state index contributed by atoms with van der Waals surface area (Å²) in [4.78, 5) is 12.0. The van der Waals surface area contributed by atoms with Gasteiger partial charge in [-0.3, -0.25) is 4.79 Å². The Hall–Kier alpha value is -1.60. The zero-order valence-electron chi connectivity index (χ0n) is 13.6. The summed E-state index contributed by atoms with van der Waals surface area (Å²) < 4.78 is 38.8. The lowest BCUT2D eigenvalue weighted by Crippen LogP contribution is -2.41. The summed E-state index contributed by atoms with van der Waals surface area (Å²) in [5, 5.41) is 15.1. The normalized spacial score (nSPS) is 22.9. The highest BCUT2D eigenvalue weighted by Crippen LogP contribution is 2.34. The van der Waals surface area contributed by atoms with Crippen molar-refractivity contribution in [2.24, 2.45) is 0 Å². The third-order valence-corrected chi connectivity index (χ3v) is 4.22. The van der Waals surface area contributed by atoms with Gasteiger partial charge in [-0.25, -0.2) is 0 Å². The van der Waals surface area contributed by atoms with Gasteiger partial charge < -0.3 is 15.7 Å². The number of benzene rings is 1. The molecule has 1 saturated carbocycles. The number of alkyl halides is 3. The average Bonchev–Trinajstić information content (AvgIpc) is 2.49. The molecule has 1 aliphatic carbocycles. The third-order valence-electron chi connectivity index (χ3n) is 4.22. The number of carbonyl (C=O) groups excluding carboxylic acids is 1. The van der Waals surface area contributed by atoms with Gasteiger partial charge in [0.2, 0.25) is 5.91 Å². The molecule has 4 nitrogen and oxygen atoms in total. The number of carbonyl (C=O) groups is 1. The Morgan fingerprint density at radius 3 is 2.50 bits per heavy atom. The second-order valence-electron chi connectivity index (χ2n) is 6.37. The van der Waals surface area contributed by atoms with E-state index in [1.165, 1.54) is 18.2 Å². The van der Waals surface area contributed by atoms with Crippen LogP contribution in [0.1, 0.15) is 44.6 Å². The molecule has 3 N–H and O–H groups in total. The number of nitrogens with one attached hydrogen (secondary N) is 2. The molecule has 0 radical (unpaired) electrons. The first-order valence-corrected chi connectivity index (χ1v) is 8.16. The Morgan fingerprint density at radius 2 is 1.88 bits per heavy atom. The van der Waals surface area contributed by atoms with E-state index >= 15 is 0 Å². The quantitative estimate of drug-likeness (QED) is 0.768. The van der Waals surface area contributed by atoms with Crippen LogP contribution in [0.4, 0.5) is 18.9 Å². The Bertz CT molecular complexity index is 555. The lowest BCUT2D eigenvalue weighted by Gasteiger charge is -2.29. The van der Waals surface area contributed by atoms with Crippen LogP contribution in [-0.4, -0.2) is 29.2 Å². The monoisotopic (exact) mass is 344 g/mol. The first-order valence-electron chi connectivity index (χ1n) is 8.16. The molecule has 0 heterocycles. The van der Waals surface area contributed by atoms with Crippen LogP contribution in [-0.2, 0) is 11.0 Å². The predicted molar refractivity (Wildman–Crippen MR) is 85.6 cm³/mol. The van der Waals surface area contributed by atoms with Gasteiger partial charge in [0.05, 0.1) is 17.4 Å². The smallest absolute Gasteiger partial charge is 0.393 e. The van der Waals surface area contributed by atoms with Gasteiger partial charge in [0.1, 0.15) is 0 Å². The van der Waals surface area contributed by atoms with Crippen molar-refractivity contribution in [2.45, 2.75) is 63.4 Å². The van der Waals surface area contributed by atoms with E-state index in [2.05, 4.69) is 10.6 Å². The maximum absolute atomic E-state index is 12.9. The molecule has 134 valence electrons. The van der Waals surface area contributed by atoms with E-state index in [-0.39, 0.29) is 30.3 Å². The van der Waals surface area contributed by atoms with Crippen LogP contribution in [0.5, 0.6) is 0 Å². The standard InChI is InChI=1S/C17H23F3N2O2/c1-11(21-12-6-8-13(23)9-7-12)10-16(24)22-15-5-3-2-4-14(15)17(18,19)20/h2-5,11-13,21,23H,6-10H2,1H3,(H,22,24). The Labute approximate surface area is 139 Å². The number of rotatable bonds is 5. The van der Waals surface area contributed by atoms with Gasteiger partial charge in [-0.1, -0.05) is 12.1 Å². The van der Waals surface area contributed by atoms with Crippen LogP contribution in [0.2, 0.25) is 0 Å². The first kappa shape index (κ1) is 18.7. The van der Waals surface area contributed by atoms with E-state index in [0.717, 1.165) is 31.7 Å². The highest BCUT2D eigenvalue weighted by molar-refractivity contribution is 5.92. The van der Waals surface area contributed by atoms with E-state index in [9.17, 15) is 23.1 Å². The first-order chi connectivity index (χ1) is 11.3. The molecule has 24 heavy (non-hydrogen) atoms. The molecule has 0 aliphatic heterocycles. The van der Waals surface area contributed by atoms with Crippen LogP contribution in [0.25, 0.3) is 0 Å². The Balaban J connectivity index is 1.87. The second kappa shape index (κ2) is 7.98. The van der Waals surface area contributed by atoms with Crippen molar-refractivity contribution >= 4 is 11.6 Å². The zero-order chi connectivity index (χ0) is 17.7. The fourth-order valence-corrected chi connectivity index (χ4v) is 3.02. The molecule has 0 bridgehead atoms. The molecule has 1 fully saturated rings. The zero-order valence-corrected chi connectivity index (χ0v) is 13.6. The number of halogens is 3. The van der Waals surface area contributed by atoms with Gasteiger partial charge in [0.25, 0.3) is 0 Å². The molecule has 0 aromatic heterocycles. The van der Waals surface area contributed by atoms with Crippen LogP contribution in [0.3, 0.4) is 0 Å². The summed E-state index contributed by atoms with van der Waals surface area (Å²) in [6.07, 6.45) is -1.53. The topological polar surface area (TPSA) is 61.4 Å². The van der Waals surface area contributed by atoms with Crippen LogP contribution in [0.15, 0.2) is 24.3 Å². The third kappa shape index (κ3) is 5.49.